The van der Waals surface area contributed by atoms with Crippen LogP contribution in [0, 0.1) is 11.8 Å². The molecule has 1 aromatic rings. The number of rotatable bonds is 8. The van der Waals surface area contributed by atoms with Gasteiger partial charge in [0.25, 0.3) is 0 Å². The minimum absolute atomic E-state index is 0.264. The third-order valence-corrected chi connectivity index (χ3v) is 5.59. The lowest BCUT2D eigenvalue weighted by atomic mass is 9.96. The number of benzene rings is 1. The fourth-order valence-corrected chi connectivity index (χ4v) is 3.83. The number of nitrogens with zero attached hydrogens (tertiary/aromatic N) is 1. The fourth-order valence-electron chi connectivity index (χ4n) is 3.83. The van der Waals surface area contributed by atoms with Crippen LogP contribution in [0.3, 0.4) is 0 Å². The smallest absolute Gasteiger partial charge is 0.304 e. The van der Waals surface area contributed by atoms with Gasteiger partial charge in [-0.1, -0.05) is 42.0 Å². The minimum atomic E-state index is -0.692. The summed E-state index contributed by atoms with van der Waals surface area (Å²) in [7, 11) is 0. The molecule has 0 bridgehead atoms. The fraction of sp³-hybridized carbons (Fsp3) is 0.571. The van der Waals surface area contributed by atoms with Crippen molar-refractivity contribution in [2.75, 3.05) is 26.2 Å². The second-order valence-corrected chi connectivity index (χ2v) is 7.58. The Hall–Kier alpha value is -1.65. The second kappa shape index (κ2) is 8.63. The molecule has 4 heteroatoms. The molecule has 1 saturated heterocycles. The zero-order chi connectivity index (χ0) is 17.6. The number of likely N-dealkylation sites (tertiary alicyclic amines) is 1. The standard InChI is InChI=1S/C21H30N2O2/c1-16(13-17-5-3-2-4-6-17)19-14-20(19)22-15-18-7-10-23(11-8-18)12-9-21(24)25/h2-6,13,18-20,22H,7-12,14-15H2,1H3,(H,24,25). The molecule has 1 aromatic carbocycles. The van der Waals surface area contributed by atoms with Crippen molar-refractivity contribution in [1.29, 1.82) is 0 Å². The number of hydrogen-bond acceptors (Lipinski definition) is 3. The summed E-state index contributed by atoms with van der Waals surface area (Å²) in [5.74, 6) is 0.735. The van der Waals surface area contributed by atoms with Crippen LogP contribution >= 0.6 is 0 Å². The van der Waals surface area contributed by atoms with Crippen LogP contribution in [-0.4, -0.2) is 48.2 Å². The first-order chi connectivity index (χ1) is 12.1. The van der Waals surface area contributed by atoms with E-state index in [4.69, 9.17) is 5.11 Å². The summed E-state index contributed by atoms with van der Waals surface area (Å²) in [5.41, 5.74) is 2.77. The van der Waals surface area contributed by atoms with Gasteiger partial charge >= 0.3 is 5.97 Å². The maximum atomic E-state index is 10.7. The summed E-state index contributed by atoms with van der Waals surface area (Å²) in [6.45, 7) is 6.14. The molecule has 1 saturated carbocycles. The van der Waals surface area contributed by atoms with Gasteiger partial charge in [0.1, 0.15) is 0 Å². The molecule has 136 valence electrons. The Morgan fingerprint density at radius 2 is 2.00 bits per heavy atom. The van der Waals surface area contributed by atoms with Gasteiger partial charge in [-0.05, 0) is 63.2 Å². The van der Waals surface area contributed by atoms with E-state index in [9.17, 15) is 4.79 Å². The summed E-state index contributed by atoms with van der Waals surface area (Å²) in [5, 5.41) is 12.5. The van der Waals surface area contributed by atoms with E-state index in [1.54, 1.807) is 0 Å². The van der Waals surface area contributed by atoms with Crippen LogP contribution in [0.1, 0.15) is 38.2 Å². The van der Waals surface area contributed by atoms with Gasteiger partial charge < -0.3 is 15.3 Å². The Labute approximate surface area is 150 Å². The van der Waals surface area contributed by atoms with Crippen LogP contribution in [0.2, 0.25) is 0 Å². The largest absolute Gasteiger partial charge is 0.481 e. The van der Waals surface area contributed by atoms with E-state index >= 15 is 0 Å². The third kappa shape index (κ3) is 5.68. The highest BCUT2D eigenvalue weighted by Crippen LogP contribution is 2.38. The van der Waals surface area contributed by atoms with Crippen molar-refractivity contribution >= 4 is 12.0 Å². The Morgan fingerprint density at radius 3 is 2.68 bits per heavy atom. The normalized spacial score (nSPS) is 25.1. The molecule has 0 aromatic heterocycles. The quantitative estimate of drug-likeness (QED) is 0.761. The zero-order valence-corrected chi connectivity index (χ0v) is 15.2. The van der Waals surface area contributed by atoms with Gasteiger partial charge in [-0.3, -0.25) is 4.79 Å². The lowest BCUT2D eigenvalue weighted by Crippen LogP contribution is -2.38. The molecule has 2 atom stereocenters. The second-order valence-electron chi connectivity index (χ2n) is 7.58. The van der Waals surface area contributed by atoms with Crippen molar-refractivity contribution in [3.8, 4) is 0 Å². The van der Waals surface area contributed by atoms with Crippen LogP contribution in [-0.2, 0) is 4.79 Å². The summed E-state index contributed by atoms with van der Waals surface area (Å²) in [6, 6.07) is 11.2. The van der Waals surface area contributed by atoms with Gasteiger partial charge in [0.15, 0.2) is 0 Å². The number of carbonyl (C=O) groups is 1. The van der Waals surface area contributed by atoms with E-state index < -0.39 is 5.97 Å². The van der Waals surface area contributed by atoms with E-state index in [-0.39, 0.29) is 6.42 Å². The van der Waals surface area contributed by atoms with Gasteiger partial charge in [0.05, 0.1) is 6.42 Å². The highest BCUT2D eigenvalue weighted by Gasteiger charge is 2.38. The maximum absolute atomic E-state index is 10.7. The van der Waals surface area contributed by atoms with Crippen molar-refractivity contribution in [3.05, 3.63) is 41.5 Å². The number of carboxylic acid groups (broad SMARTS) is 1. The first kappa shape index (κ1) is 18.2. The lowest BCUT2D eigenvalue weighted by Gasteiger charge is -2.31. The van der Waals surface area contributed by atoms with Crippen LogP contribution in [0.5, 0.6) is 0 Å². The average molecular weight is 342 g/mol. The molecule has 1 heterocycles. The summed E-state index contributed by atoms with van der Waals surface area (Å²) in [4.78, 5) is 12.9. The Kier molecular flexibility index (Phi) is 6.27. The molecule has 1 aliphatic carbocycles. The summed E-state index contributed by atoms with van der Waals surface area (Å²) >= 11 is 0. The molecule has 2 aliphatic rings. The first-order valence-electron chi connectivity index (χ1n) is 9.52. The van der Waals surface area contributed by atoms with Gasteiger partial charge in [0, 0.05) is 12.6 Å². The Morgan fingerprint density at radius 1 is 1.28 bits per heavy atom. The number of piperidine rings is 1. The van der Waals surface area contributed by atoms with Crippen LogP contribution < -0.4 is 5.32 Å². The van der Waals surface area contributed by atoms with Crippen LogP contribution in [0.25, 0.3) is 6.08 Å². The molecule has 2 unspecified atom stereocenters. The van der Waals surface area contributed by atoms with Crippen molar-refractivity contribution in [1.82, 2.24) is 10.2 Å². The monoisotopic (exact) mass is 342 g/mol. The maximum Gasteiger partial charge on any atom is 0.304 e. The predicted octanol–water partition coefficient (Wildman–Crippen LogP) is 3.25. The van der Waals surface area contributed by atoms with Crippen molar-refractivity contribution in [2.24, 2.45) is 11.8 Å². The van der Waals surface area contributed by atoms with E-state index in [0.29, 0.717) is 18.5 Å². The Balaban J connectivity index is 1.34. The molecule has 0 spiro atoms. The van der Waals surface area contributed by atoms with E-state index in [1.165, 1.54) is 30.4 Å². The number of hydrogen-bond donors (Lipinski definition) is 2. The van der Waals surface area contributed by atoms with Gasteiger partial charge in [-0.15, -0.1) is 0 Å². The molecule has 2 fully saturated rings. The summed E-state index contributed by atoms with van der Waals surface area (Å²) < 4.78 is 0. The molecular weight excluding hydrogens is 312 g/mol. The van der Waals surface area contributed by atoms with Gasteiger partial charge in [-0.2, -0.15) is 0 Å². The molecule has 0 radical (unpaired) electrons. The highest BCUT2D eigenvalue weighted by atomic mass is 16.4. The van der Waals surface area contributed by atoms with E-state index in [0.717, 1.165) is 25.6 Å². The predicted molar refractivity (Wildman–Crippen MR) is 101 cm³/mol. The topological polar surface area (TPSA) is 52.6 Å². The van der Waals surface area contributed by atoms with Crippen molar-refractivity contribution in [3.63, 3.8) is 0 Å². The van der Waals surface area contributed by atoms with E-state index in [1.807, 2.05) is 0 Å². The lowest BCUT2D eigenvalue weighted by molar-refractivity contribution is -0.137. The SMILES string of the molecule is CC(=Cc1ccccc1)C1CC1NCC1CCN(CCC(=O)O)CC1. The highest BCUT2D eigenvalue weighted by molar-refractivity contribution is 5.66. The molecular formula is C21H30N2O2. The van der Waals surface area contributed by atoms with Crippen LogP contribution in [0.4, 0.5) is 0 Å². The number of aliphatic carboxylic acids is 1. The molecule has 3 rings (SSSR count). The van der Waals surface area contributed by atoms with Gasteiger partial charge in [-0.25, -0.2) is 0 Å². The van der Waals surface area contributed by atoms with Crippen molar-refractivity contribution in [2.45, 2.75) is 38.6 Å². The van der Waals surface area contributed by atoms with Crippen molar-refractivity contribution < 1.29 is 9.90 Å². The molecule has 2 N–H and O–H groups in total. The first-order valence-corrected chi connectivity index (χ1v) is 9.52. The minimum Gasteiger partial charge on any atom is -0.481 e. The third-order valence-electron chi connectivity index (χ3n) is 5.59. The number of carboxylic acids is 1. The van der Waals surface area contributed by atoms with E-state index in [2.05, 4.69) is 53.5 Å². The molecule has 1 aliphatic heterocycles. The molecule has 0 amide bonds. The average Bonchev–Trinajstić information content (AvgIpc) is 3.40. The number of nitrogens with one attached hydrogen (secondary N) is 1. The summed E-state index contributed by atoms with van der Waals surface area (Å²) in [6.07, 6.45) is 6.20. The molecule has 25 heavy (non-hydrogen) atoms. The zero-order valence-electron chi connectivity index (χ0n) is 15.2. The van der Waals surface area contributed by atoms with Crippen LogP contribution in [0.15, 0.2) is 35.9 Å². The van der Waals surface area contributed by atoms with Gasteiger partial charge in [0.2, 0.25) is 0 Å². The molecule has 4 nitrogen and oxygen atoms in total. The Bertz CT molecular complexity index is 591.